The van der Waals surface area contributed by atoms with E-state index in [-0.39, 0.29) is 6.42 Å². The van der Waals surface area contributed by atoms with Crippen molar-refractivity contribution in [3.63, 3.8) is 0 Å². The number of halogens is 1. The van der Waals surface area contributed by atoms with E-state index in [2.05, 4.69) is 66.2 Å². The number of rotatable bonds is 3. The lowest BCUT2D eigenvalue weighted by Gasteiger charge is -2.16. The van der Waals surface area contributed by atoms with Crippen molar-refractivity contribution in [2.24, 2.45) is 0 Å². The van der Waals surface area contributed by atoms with Crippen LogP contribution >= 0.6 is 27.3 Å². The molecule has 142 valence electrons. The Bertz CT molecular complexity index is 1240. The minimum absolute atomic E-state index is 0.0605. The van der Waals surface area contributed by atoms with E-state index < -0.39 is 5.97 Å². The fourth-order valence-electron chi connectivity index (χ4n) is 4.10. The maximum Gasteiger partial charge on any atom is 0.307 e. The fourth-order valence-corrected chi connectivity index (χ4v) is 6.00. The molecule has 0 saturated carbocycles. The van der Waals surface area contributed by atoms with E-state index in [0.717, 1.165) is 26.7 Å². The molecule has 3 aromatic carbocycles. The number of carboxylic acid groups (broad SMARTS) is 1. The zero-order valence-electron chi connectivity index (χ0n) is 16.3. The number of hydrogen-bond donors (Lipinski definition) is 1. The Kier molecular flexibility index (Phi) is 4.80. The minimum atomic E-state index is -0.792. The van der Waals surface area contributed by atoms with E-state index in [1.165, 1.54) is 36.9 Å². The van der Waals surface area contributed by atoms with Gasteiger partial charge in [0.2, 0.25) is 0 Å². The predicted octanol–water partition coefficient (Wildman–Crippen LogP) is 7.34. The summed E-state index contributed by atoms with van der Waals surface area (Å²) in [4.78, 5) is 12.6. The zero-order valence-corrected chi connectivity index (χ0v) is 18.7. The third-order valence-electron chi connectivity index (χ3n) is 5.58. The van der Waals surface area contributed by atoms with Gasteiger partial charge < -0.3 is 5.11 Å². The quantitative estimate of drug-likeness (QED) is 0.352. The predicted molar refractivity (Wildman–Crippen MR) is 123 cm³/mol. The zero-order chi connectivity index (χ0) is 20.2. The highest BCUT2D eigenvalue weighted by atomic mass is 79.9. The molecule has 0 radical (unpaired) electrons. The lowest BCUT2D eigenvalue weighted by Crippen LogP contribution is -2.04. The smallest absolute Gasteiger partial charge is 0.307 e. The average Bonchev–Trinajstić information content (AvgIpc) is 2.94. The van der Waals surface area contributed by atoms with Crippen LogP contribution in [0.5, 0.6) is 0 Å². The summed E-state index contributed by atoms with van der Waals surface area (Å²) in [7, 11) is 0. The topological polar surface area (TPSA) is 37.3 Å². The maximum absolute atomic E-state index is 11.3. The van der Waals surface area contributed by atoms with Crippen LogP contribution in [0.15, 0.2) is 40.9 Å². The van der Waals surface area contributed by atoms with Gasteiger partial charge in [0.05, 0.1) is 11.1 Å². The Labute approximate surface area is 177 Å². The second kappa shape index (κ2) is 7.02. The molecule has 4 heteroatoms. The van der Waals surface area contributed by atoms with Gasteiger partial charge in [-0.25, -0.2) is 0 Å². The highest BCUT2D eigenvalue weighted by Gasteiger charge is 2.20. The molecule has 1 heterocycles. The van der Waals surface area contributed by atoms with Gasteiger partial charge in [-0.2, -0.15) is 0 Å². The molecule has 1 aromatic heterocycles. The molecule has 0 aliphatic heterocycles. The van der Waals surface area contributed by atoms with Crippen LogP contribution in [0.4, 0.5) is 0 Å². The van der Waals surface area contributed by atoms with Crippen LogP contribution in [0.2, 0.25) is 0 Å². The first-order chi connectivity index (χ1) is 13.3. The van der Waals surface area contributed by atoms with Crippen molar-refractivity contribution in [2.45, 2.75) is 34.1 Å². The van der Waals surface area contributed by atoms with Crippen LogP contribution < -0.4 is 0 Å². The highest BCUT2D eigenvalue weighted by molar-refractivity contribution is 9.11. The van der Waals surface area contributed by atoms with Crippen molar-refractivity contribution in [1.29, 1.82) is 0 Å². The average molecular weight is 453 g/mol. The standard InChI is InChI=1S/C24H21BrO2S/c1-12-9-16(10-13(2)19(12)11-20(26)27)22-17-7-5-6-8-18(17)23(25)24-21(22)14(3)15(4)28-24/h5-10H,11H2,1-4H3,(H,26,27). The van der Waals surface area contributed by atoms with Gasteiger partial charge >= 0.3 is 5.97 Å². The summed E-state index contributed by atoms with van der Waals surface area (Å²) in [6.45, 7) is 8.39. The molecular formula is C24H21BrO2S. The summed E-state index contributed by atoms with van der Waals surface area (Å²) < 4.78 is 2.42. The Hall–Kier alpha value is -2.17. The third-order valence-corrected chi connectivity index (χ3v) is 7.89. The van der Waals surface area contributed by atoms with Crippen LogP contribution in [0.3, 0.4) is 0 Å². The van der Waals surface area contributed by atoms with Crippen molar-refractivity contribution in [2.75, 3.05) is 0 Å². The minimum Gasteiger partial charge on any atom is -0.481 e. The van der Waals surface area contributed by atoms with E-state index in [4.69, 9.17) is 0 Å². The molecule has 4 aromatic rings. The third kappa shape index (κ3) is 2.96. The number of fused-ring (bicyclic) bond motifs is 2. The van der Waals surface area contributed by atoms with Gasteiger partial charge in [-0.3, -0.25) is 4.79 Å². The van der Waals surface area contributed by atoms with Crippen molar-refractivity contribution in [3.8, 4) is 11.1 Å². The molecular weight excluding hydrogens is 432 g/mol. The number of carboxylic acids is 1. The molecule has 0 aliphatic rings. The Morgan fingerprint density at radius 1 is 1.04 bits per heavy atom. The van der Waals surface area contributed by atoms with Gasteiger partial charge in [-0.15, -0.1) is 11.3 Å². The van der Waals surface area contributed by atoms with E-state index >= 15 is 0 Å². The molecule has 28 heavy (non-hydrogen) atoms. The van der Waals surface area contributed by atoms with Gasteiger partial charge in [0.1, 0.15) is 0 Å². The van der Waals surface area contributed by atoms with Crippen molar-refractivity contribution < 1.29 is 9.90 Å². The SMILES string of the molecule is Cc1cc(-c2c3ccccc3c(Br)c3sc(C)c(C)c23)cc(C)c1CC(=O)O. The number of thiophene rings is 1. The monoisotopic (exact) mass is 452 g/mol. The summed E-state index contributed by atoms with van der Waals surface area (Å²) in [5.41, 5.74) is 6.67. The van der Waals surface area contributed by atoms with Crippen LogP contribution in [-0.4, -0.2) is 11.1 Å². The molecule has 0 saturated heterocycles. The largest absolute Gasteiger partial charge is 0.481 e. The Balaban J connectivity index is 2.14. The van der Waals surface area contributed by atoms with E-state index in [0.29, 0.717) is 0 Å². The molecule has 0 unspecified atom stereocenters. The van der Waals surface area contributed by atoms with Gasteiger partial charge in [-0.1, -0.05) is 36.4 Å². The second-order valence-electron chi connectivity index (χ2n) is 7.38. The molecule has 0 spiro atoms. The number of carbonyl (C=O) groups is 1. The molecule has 2 nitrogen and oxygen atoms in total. The molecule has 4 rings (SSSR count). The van der Waals surface area contributed by atoms with Gasteiger partial charge in [-0.05, 0) is 87.8 Å². The normalized spacial score (nSPS) is 11.5. The number of benzene rings is 3. The van der Waals surface area contributed by atoms with Gasteiger partial charge in [0, 0.05) is 14.7 Å². The molecule has 0 atom stereocenters. The molecule has 0 bridgehead atoms. The molecule has 0 aliphatic carbocycles. The summed E-state index contributed by atoms with van der Waals surface area (Å²) in [6.07, 6.45) is 0.0605. The first-order valence-electron chi connectivity index (χ1n) is 9.21. The number of hydrogen-bond acceptors (Lipinski definition) is 2. The first kappa shape index (κ1) is 19.2. The Morgan fingerprint density at radius 2 is 1.64 bits per heavy atom. The van der Waals surface area contributed by atoms with Crippen molar-refractivity contribution in [3.05, 3.63) is 68.0 Å². The molecule has 0 amide bonds. The van der Waals surface area contributed by atoms with Gasteiger partial charge in [0.15, 0.2) is 0 Å². The van der Waals surface area contributed by atoms with Crippen LogP contribution in [0.1, 0.15) is 27.1 Å². The number of aryl methyl sites for hydroxylation is 4. The molecule has 1 N–H and O–H groups in total. The maximum atomic E-state index is 11.3. The Morgan fingerprint density at radius 3 is 2.25 bits per heavy atom. The summed E-state index contributed by atoms with van der Waals surface area (Å²) in [5.74, 6) is -0.792. The number of aliphatic carboxylic acids is 1. The lowest BCUT2D eigenvalue weighted by atomic mass is 9.89. The van der Waals surface area contributed by atoms with E-state index in [1.807, 2.05) is 25.2 Å². The van der Waals surface area contributed by atoms with Crippen molar-refractivity contribution in [1.82, 2.24) is 0 Å². The van der Waals surface area contributed by atoms with E-state index in [1.54, 1.807) is 0 Å². The summed E-state index contributed by atoms with van der Waals surface area (Å²) in [6, 6.07) is 12.8. The van der Waals surface area contributed by atoms with Crippen LogP contribution in [0, 0.1) is 27.7 Å². The van der Waals surface area contributed by atoms with Crippen molar-refractivity contribution >= 4 is 54.1 Å². The molecule has 0 fully saturated rings. The van der Waals surface area contributed by atoms with Crippen LogP contribution in [0.25, 0.3) is 32.0 Å². The van der Waals surface area contributed by atoms with Gasteiger partial charge in [0.25, 0.3) is 0 Å². The fraction of sp³-hybridized carbons (Fsp3) is 0.208. The van der Waals surface area contributed by atoms with E-state index in [9.17, 15) is 9.90 Å². The second-order valence-corrected chi connectivity index (χ2v) is 9.40. The lowest BCUT2D eigenvalue weighted by molar-refractivity contribution is -0.136. The first-order valence-corrected chi connectivity index (χ1v) is 10.8. The summed E-state index contributed by atoms with van der Waals surface area (Å²) >= 11 is 5.67. The summed E-state index contributed by atoms with van der Waals surface area (Å²) in [5, 5.41) is 13.0. The highest BCUT2D eigenvalue weighted by Crippen LogP contribution is 2.47. The van der Waals surface area contributed by atoms with Crippen LogP contribution in [-0.2, 0) is 11.2 Å².